The number of rotatable bonds is 6. The predicted molar refractivity (Wildman–Crippen MR) is 279 cm³/mol. The summed E-state index contributed by atoms with van der Waals surface area (Å²) in [5, 5.41) is 8.49. The van der Waals surface area contributed by atoms with Gasteiger partial charge in [-0.25, -0.2) is 9.97 Å². The first-order chi connectivity index (χ1) is 33.2. The van der Waals surface area contributed by atoms with E-state index in [1.54, 1.807) is 0 Å². The number of hydrogen-bond acceptors (Lipinski definition) is 2. The van der Waals surface area contributed by atoms with Crippen molar-refractivity contribution in [2.24, 2.45) is 0 Å². The number of fused-ring (bicyclic) bond motifs is 10. The number of benzene rings is 10. The zero-order valence-electron chi connectivity index (χ0n) is 36.3. The van der Waals surface area contributed by atoms with Crippen molar-refractivity contribution in [1.82, 2.24) is 23.7 Å². The summed E-state index contributed by atoms with van der Waals surface area (Å²) in [7, 11) is 0. The molecule has 4 aromatic heterocycles. The van der Waals surface area contributed by atoms with Crippen LogP contribution in [0.4, 0.5) is 0 Å². The molecule has 0 N–H and O–H groups in total. The lowest BCUT2D eigenvalue weighted by Gasteiger charge is -2.14. The van der Waals surface area contributed by atoms with E-state index in [0.717, 1.165) is 55.8 Å². The van der Waals surface area contributed by atoms with E-state index in [9.17, 15) is 0 Å². The number of hydrogen-bond donors (Lipinski definition) is 0. The predicted octanol–water partition coefficient (Wildman–Crippen LogP) is 15.9. The van der Waals surface area contributed by atoms with Gasteiger partial charge in [0.05, 0.1) is 38.6 Å². The quantitative estimate of drug-likeness (QED) is 0.167. The second kappa shape index (κ2) is 14.7. The van der Waals surface area contributed by atoms with Crippen molar-refractivity contribution in [3.8, 4) is 50.7 Å². The minimum atomic E-state index is 0.688. The summed E-state index contributed by atoms with van der Waals surface area (Å²) in [6.07, 6.45) is 2.00. The monoisotopic (exact) mass is 853 g/mol. The van der Waals surface area contributed by atoms with Crippen LogP contribution in [0.5, 0.6) is 0 Å². The van der Waals surface area contributed by atoms with Crippen LogP contribution in [0.15, 0.2) is 237 Å². The van der Waals surface area contributed by atoms with Crippen LogP contribution >= 0.6 is 0 Å². The fraction of sp³-hybridized carbons (Fsp3) is 0. The van der Waals surface area contributed by atoms with Gasteiger partial charge in [-0.3, -0.25) is 0 Å². The normalized spacial score (nSPS) is 11.9. The molecule has 0 atom stereocenters. The van der Waals surface area contributed by atoms with Crippen LogP contribution < -0.4 is 0 Å². The molecule has 0 aliphatic carbocycles. The van der Waals surface area contributed by atoms with Gasteiger partial charge in [-0.1, -0.05) is 133 Å². The van der Waals surface area contributed by atoms with Gasteiger partial charge in [0, 0.05) is 66.5 Å². The van der Waals surface area contributed by atoms with Crippen molar-refractivity contribution >= 4 is 76.3 Å². The van der Waals surface area contributed by atoms with Crippen LogP contribution in [0.25, 0.3) is 127 Å². The summed E-state index contributed by atoms with van der Waals surface area (Å²) < 4.78 is 7.07. The van der Waals surface area contributed by atoms with Gasteiger partial charge < -0.3 is 13.7 Å². The molecule has 5 nitrogen and oxygen atoms in total. The van der Waals surface area contributed by atoms with Crippen molar-refractivity contribution < 1.29 is 0 Å². The number of aromatic nitrogens is 5. The van der Waals surface area contributed by atoms with E-state index in [0.29, 0.717) is 5.82 Å². The molecule has 0 unspecified atom stereocenters. The Morgan fingerprint density at radius 1 is 0.269 bits per heavy atom. The van der Waals surface area contributed by atoms with Crippen molar-refractivity contribution in [3.63, 3.8) is 0 Å². The van der Waals surface area contributed by atoms with E-state index in [1.807, 2.05) is 6.20 Å². The Hall–Kier alpha value is -9.06. The van der Waals surface area contributed by atoms with Gasteiger partial charge in [0.1, 0.15) is 0 Å². The minimum Gasteiger partial charge on any atom is -0.309 e. The first-order valence-corrected chi connectivity index (χ1v) is 22.8. The highest BCUT2D eigenvalue weighted by atomic mass is 15.0. The highest BCUT2D eigenvalue weighted by Crippen LogP contribution is 2.39. The smallest absolute Gasteiger partial charge is 0.159 e. The number of para-hydroxylation sites is 6. The standard InChI is InChI=1S/C62H39N5/c1-7-19-56-47(13-1)48-14-2-8-20-57(48)65(56)44-31-25-40(26-32-44)43-37-53(41-27-33-45(34-28-41)66-58-21-9-3-15-49(58)50-16-4-10-22-59(50)66)54-39-63-62(64-55(54)38-43)42-29-35-46(36-30-42)67-60-23-11-5-17-51(60)52-18-6-12-24-61(52)67/h1-39H. The van der Waals surface area contributed by atoms with E-state index in [-0.39, 0.29) is 0 Å². The van der Waals surface area contributed by atoms with Crippen LogP contribution in [0, 0.1) is 0 Å². The van der Waals surface area contributed by atoms with Crippen LogP contribution in [0.1, 0.15) is 0 Å². The molecular formula is C62H39N5. The summed E-state index contributed by atoms with van der Waals surface area (Å²) in [6.45, 7) is 0. The molecule has 10 aromatic carbocycles. The molecule has 0 aliphatic heterocycles. The fourth-order valence-electron chi connectivity index (χ4n) is 10.6. The van der Waals surface area contributed by atoms with Gasteiger partial charge in [0.2, 0.25) is 0 Å². The summed E-state index contributed by atoms with van der Waals surface area (Å²) in [5.41, 5.74) is 16.7. The Morgan fingerprint density at radius 2 is 0.597 bits per heavy atom. The van der Waals surface area contributed by atoms with Crippen LogP contribution in [0.2, 0.25) is 0 Å². The Morgan fingerprint density at radius 3 is 0.970 bits per heavy atom. The molecule has 0 aliphatic rings. The van der Waals surface area contributed by atoms with Gasteiger partial charge >= 0.3 is 0 Å². The second-order valence-corrected chi connectivity index (χ2v) is 17.4. The molecular weight excluding hydrogens is 815 g/mol. The average Bonchev–Trinajstić information content (AvgIpc) is 4.04. The van der Waals surface area contributed by atoms with E-state index >= 15 is 0 Å². The zero-order valence-corrected chi connectivity index (χ0v) is 36.3. The third-order valence-electron chi connectivity index (χ3n) is 13.7. The molecule has 312 valence electrons. The van der Waals surface area contributed by atoms with Crippen molar-refractivity contribution in [2.45, 2.75) is 0 Å². The number of nitrogens with zero attached hydrogens (tertiary/aromatic N) is 5. The van der Waals surface area contributed by atoms with Gasteiger partial charge in [-0.15, -0.1) is 0 Å². The minimum absolute atomic E-state index is 0.688. The molecule has 0 bridgehead atoms. The molecule has 4 heterocycles. The summed E-state index contributed by atoms with van der Waals surface area (Å²) >= 11 is 0. The third-order valence-corrected chi connectivity index (χ3v) is 13.7. The van der Waals surface area contributed by atoms with Gasteiger partial charge in [-0.2, -0.15) is 0 Å². The lowest BCUT2D eigenvalue weighted by atomic mass is 9.95. The first-order valence-electron chi connectivity index (χ1n) is 22.8. The SMILES string of the molecule is c1ccc2c(c1)c1ccccc1n2-c1ccc(-c2cc(-c3ccc(-n4c5ccccc5c5ccccc54)cc3)c3cnc(-c4ccc(-n5c6ccccc6c6ccccc65)cc4)nc3c2)cc1. The molecule has 0 fully saturated rings. The van der Waals surface area contributed by atoms with Crippen molar-refractivity contribution in [1.29, 1.82) is 0 Å². The molecule has 0 spiro atoms. The van der Waals surface area contributed by atoms with Crippen LogP contribution in [-0.4, -0.2) is 23.7 Å². The van der Waals surface area contributed by atoms with Gasteiger partial charge in [0.15, 0.2) is 5.82 Å². The molecule has 67 heavy (non-hydrogen) atoms. The fourth-order valence-corrected chi connectivity index (χ4v) is 10.6. The first kappa shape index (κ1) is 37.3. The van der Waals surface area contributed by atoms with E-state index in [4.69, 9.17) is 9.97 Å². The van der Waals surface area contributed by atoms with Gasteiger partial charge in [0.25, 0.3) is 0 Å². The molecule has 14 aromatic rings. The van der Waals surface area contributed by atoms with Crippen molar-refractivity contribution in [3.05, 3.63) is 237 Å². The van der Waals surface area contributed by atoms with Gasteiger partial charge in [-0.05, 0) is 119 Å². The highest BCUT2D eigenvalue weighted by Gasteiger charge is 2.17. The van der Waals surface area contributed by atoms with E-state index in [2.05, 4.69) is 244 Å². The van der Waals surface area contributed by atoms with Crippen LogP contribution in [-0.2, 0) is 0 Å². The van der Waals surface area contributed by atoms with Crippen LogP contribution in [0.3, 0.4) is 0 Å². The Labute approximate surface area is 385 Å². The lowest BCUT2D eigenvalue weighted by Crippen LogP contribution is -1.96. The molecule has 0 saturated heterocycles. The Balaban J connectivity index is 0.895. The summed E-state index contributed by atoms with van der Waals surface area (Å²) in [5.74, 6) is 0.688. The van der Waals surface area contributed by atoms with E-state index in [1.165, 1.54) is 65.4 Å². The maximum Gasteiger partial charge on any atom is 0.159 e. The second-order valence-electron chi connectivity index (χ2n) is 17.4. The van der Waals surface area contributed by atoms with E-state index < -0.39 is 0 Å². The Kier molecular flexibility index (Phi) is 8.21. The molecule has 5 heteroatoms. The lowest BCUT2D eigenvalue weighted by molar-refractivity contribution is 1.17. The summed E-state index contributed by atoms with van der Waals surface area (Å²) in [4.78, 5) is 10.4. The maximum atomic E-state index is 5.34. The Bertz CT molecular complexity index is 4080. The largest absolute Gasteiger partial charge is 0.309 e. The maximum absolute atomic E-state index is 5.34. The average molecular weight is 854 g/mol. The third kappa shape index (κ3) is 5.81. The topological polar surface area (TPSA) is 40.6 Å². The zero-order chi connectivity index (χ0) is 44.0. The summed E-state index contributed by atoms with van der Waals surface area (Å²) in [6, 6.07) is 83.0. The molecule has 0 amide bonds. The van der Waals surface area contributed by atoms with Crippen molar-refractivity contribution in [2.75, 3.05) is 0 Å². The molecule has 0 radical (unpaired) electrons. The molecule has 14 rings (SSSR count). The highest BCUT2D eigenvalue weighted by molar-refractivity contribution is 6.11. The molecule has 0 saturated carbocycles.